The van der Waals surface area contributed by atoms with Crippen LogP contribution in [0.4, 0.5) is 15.8 Å². The summed E-state index contributed by atoms with van der Waals surface area (Å²) in [4.78, 5) is 17.5. The smallest absolute Gasteiger partial charge is 0.258 e. The van der Waals surface area contributed by atoms with Gasteiger partial charge >= 0.3 is 0 Å². The number of rotatable bonds is 7. The van der Waals surface area contributed by atoms with E-state index < -0.39 is 11.7 Å². The molecule has 168 valence electrons. The van der Waals surface area contributed by atoms with Crippen molar-refractivity contribution in [2.24, 2.45) is 0 Å². The summed E-state index contributed by atoms with van der Waals surface area (Å²) < 4.78 is 16.8. The fraction of sp³-hybridized carbons (Fsp3) is 0.154. The van der Waals surface area contributed by atoms with Gasteiger partial charge in [0.25, 0.3) is 5.91 Å². The summed E-state index contributed by atoms with van der Waals surface area (Å²) in [7, 11) is 0. The number of nitrogens with zero attached hydrogens (tertiary/aromatic N) is 2. The molecule has 0 aliphatic heterocycles. The van der Waals surface area contributed by atoms with E-state index in [-0.39, 0.29) is 5.56 Å². The maximum absolute atomic E-state index is 14.8. The topological polar surface area (TPSA) is 45.2 Å². The number of carbonyl (C=O) groups is 1. The highest BCUT2D eigenvalue weighted by atomic mass is 35.5. The maximum Gasteiger partial charge on any atom is 0.258 e. The number of benzene rings is 3. The maximum atomic E-state index is 14.8. The van der Waals surface area contributed by atoms with Gasteiger partial charge in [-0.1, -0.05) is 54.7 Å². The highest BCUT2D eigenvalue weighted by Gasteiger charge is 2.16. The molecule has 0 spiro atoms. The third-order valence-corrected chi connectivity index (χ3v) is 6.52. The van der Waals surface area contributed by atoms with Crippen molar-refractivity contribution >= 4 is 51.7 Å². The Bertz CT molecular complexity index is 1310. The van der Waals surface area contributed by atoms with Crippen LogP contribution < -0.4 is 9.62 Å². The second kappa shape index (κ2) is 10.2. The molecule has 1 amide bonds. The largest absolute Gasteiger partial charge is 0.322 e. The van der Waals surface area contributed by atoms with Crippen molar-refractivity contribution < 1.29 is 9.18 Å². The van der Waals surface area contributed by atoms with E-state index in [1.54, 1.807) is 36.2 Å². The molecule has 4 aromatic rings. The van der Waals surface area contributed by atoms with Crippen LogP contribution in [-0.2, 0) is 0 Å². The van der Waals surface area contributed by atoms with E-state index in [0.29, 0.717) is 22.0 Å². The summed E-state index contributed by atoms with van der Waals surface area (Å²) >= 11 is 8.03. The van der Waals surface area contributed by atoms with Crippen LogP contribution in [0, 0.1) is 5.82 Å². The molecule has 0 aliphatic rings. The number of aromatic nitrogens is 1. The Morgan fingerprint density at radius 2 is 1.88 bits per heavy atom. The molecule has 4 nitrogen and oxygen atoms in total. The third-order valence-electron chi connectivity index (χ3n) is 5.16. The zero-order chi connectivity index (χ0) is 23.4. The summed E-state index contributed by atoms with van der Waals surface area (Å²) in [5.41, 5.74) is 3.45. The van der Waals surface area contributed by atoms with E-state index in [1.807, 2.05) is 54.6 Å². The van der Waals surface area contributed by atoms with Crippen molar-refractivity contribution in [2.45, 2.75) is 13.8 Å². The zero-order valence-corrected chi connectivity index (χ0v) is 19.9. The molecule has 1 heterocycles. The van der Waals surface area contributed by atoms with E-state index in [0.717, 1.165) is 28.9 Å². The van der Waals surface area contributed by atoms with Crippen molar-refractivity contribution in [3.63, 3.8) is 0 Å². The summed E-state index contributed by atoms with van der Waals surface area (Å²) in [5.74, 6) is -0.210. The van der Waals surface area contributed by atoms with Gasteiger partial charge in [0.2, 0.25) is 0 Å². The Morgan fingerprint density at radius 3 is 2.64 bits per heavy atom. The summed E-state index contributed by atoms with van der Waals surface area (Å²) in [6.45, 7) is 4.78. The van der Waals surface area contributed by atoms with Crippen molar-refractivity contribution in [1.29, 1.82) is 0 Å². The Morgan fingerprint density at radius 1 is 1.06 bits per heavy atom. The molecule has 7 heteroatoms. The first-order valence-electron chi connectivity index (χ1n) is 10.7. The van der Waals surface area contributed by atoms with Crippen LogP contribution in [0.2, 0.25) is 5.02 Å². The molecule has 33 heavy (non-hydrogen) atoms. The molecule has 0 atom stereocenters. The minimum atomic E-state index is -0.564. The van der Waals surface area contributed by atoms with Crippen LogP contribution in [0.15, 0.2) is 72.8 Å². The van der Waals surface area contributed by atoms with Crippen molar-refractivity contribution in [3.05, 3.63) is 89.2 Å². The monoisotopic (exact) mass is 479 g/mol. The number of hydrogen-bond donors (Lipinski definition) is 1. The highest BCUT2D eigenvalue weighted by molar-refractivity contribution is 8.00. The van der Waals surface area contributed by atoms with Crippen molar-refractivity contribution in [2.75, 3.05) is 21.9 Å². The van der Waals surface area contributed by atoms with Gasteiger partial charge in [0, 0.05) is 34.6 Å². The Hall–Kier alpha value is -3.09. The molecule has 0 bridgehead atoms. The number of fused-ring (bicyclic) bond motifs is 1. The van der Waals surface area contributed by atoms with Crippen LogP contribution in [0.1, 0.15) is 24.2 Å². The molecule has 0 saturated carbocycles. The minimum absolute atomic E-state index is 0.0170. The minimum Gasteiger partial charge on any atom is -0.322 e. The first-order valence-corrected chi connectivity index (χ1v) is 12.0. The second-order valence-corrected chi connectivity index (χ2v) is 9.00. The average Bonchev–Trinajstić information content (AvgIpc) is 2.83. The Labute approximate surface area is 201 Å². The van der Waals surface area contributed by atoms with Gasteiger partial charge in [-0.15, -0.1) is 0 Å². The molecule has 0 radical (unpaired) electrons. The molecule has 0 saturated heterocycles. The molecule has 1 aromatic heterocycles. The van der Waals surface area contributed by atoms with Gasteiger partial charge in [0.1, 0.15) is 5.82 Å². The molecule has 0 unspecified atom stereocenters. The summed E-state index contributed by atoms with van der Waals surface area (Å²) in [6, 6.07) is 21.5. The number of hydrogen-bond acceptors (Lipinski definition) is 4. The Balaban J connectivity index is 1.59. The number of anilines is 2. The van der Waals surface area contributed by atoms with Gasteiger partial charge < -0.3 is 9.62 Å². The standard InChI is InChI=1S/C26H23ClFN3OS/c1-3-31(33-4-2)19-11-12-20(23(28)16-19)26(32)29-18-10-13-22(27)21(15-18)25-14-9-17-7-5-6-8-24(17)30-25/h5-16H,3-4H2,1-2H3,(H,29,32). The van der Waals surface area contributed by atoms with E-state index >= 15 is 0 Å². The number of carbonyl (C=O) groups excluding carboxylic acids is 1. The van der Waals surface area contributed by atoms with Crippen molar-refractivity contribution in [1.82, 2.24) is 4.98 Å². The third kappa shape index (κ3) is 5.13. The number of nitrogens with one attached hydrogen (secondary N) is 1. The van der Waals surface area contributed by atoms with Crippen molar-refractivity contribution in [3.8, 4) is 11.3 Å². The van der Waals surface area contributed by atoms with Gasteiger partial charge in [-0.25, -0.2) is 9.37 Å². The van der Waals surface area contributed by atoms with E-state index in [4.69, 9.17) is 11.6 Å². The predicted molar refractivity (Wildman–Crippen MR) is 138 cm³/mol. The van der Waals surface area contributed by atoms with Crippen LogP contribution in [-0.4, -0.2) is 23.2 Å². The molecular weight excluding hydrogens is 457 g/mol. The lowest BCUT2D eigenvalue weighted by molar-refractivity contribution is 0.102. The second-order valence-electron chi connectivity index (χ2n) is 7.31. The lowest BCUT2D eigenvalue weighted by Crippen LogP contribution is -2.17. The molecule has 0 aliphatic carbocycles. The van der Waals surface area contributed by atoms with Crippen LogP contribution in [0.25, 0.3) is 22.2 Å². The van der Waals surface area contributed by atoms with Gasteiger partial charge in [-0.2, -0.15) is 0 Å². The first-order chi connectivity index (χ1) is 16.0. The van der Waals surface area contributed by atoms with Crippen LogP contribution in [0.5, 0.6) is 0 Å². The predicted octanol–water partition coefficient (Wildman–Crippen LogP) is 7.44. The van der Waals surface area contributed by atoms with E-state index in [9.17, 15) is 9.18 Å². The fourth-order valence-corrected chi connectivity index (χ4v) is 4.53. The lowest BCUT2D eigenvalue weighted by atomic mass is 10.1. The SMILES string of the molecule is CCSN(CC)c1ccc(C(=O)Nc2ccc(Cl)c(-c3ccc4ccccc4n3)c2)c(F)c1. The number of pyridine rings is 1. The van der Waals surface area contributed by atoms with Gasteiger partial charge in [0.05, 0.1) is 21.8 Å². The fourth-order valence-electron chi connectivity index (χ4n) is 3.56. The average molecular weight is 480 g/mol. The van der Waals surface area contributed by atoms with Crippen LogP contribution in [0.3, 0.4) is 0 Å². The lowest BCUT2D eigenvalue weighted by Gasteiger charge is -2.21. The quantitative estimate of drug-likeness (QED) is 0.280. The first kappa shape index (κ1) is 23.1. The molecule has 0 fully saturated rings. The van der Waals surface area contributed by atoms with E-state index in [2.05, 4.69) is 10.3 Å². The molecule has 1 N–H and O–H groups in total. The summed E-state index contributed by atoms with van der Waals surface area (Å²) in [5, 5.41) is 4.32. The normalized spacial score (nSPS) is 10.9. The molecular formula is C26H23ClFN3OS. The Kier molecular flexibility index (Phi) is 7.16. The molecule has 4 rings (SSSR count). The zero-order valence-electron chi connectivity index (χ0n) is 18.3. The van der Waals surface area contributed by atoms with Gasteiger partial charge in [-0.3, -0.25) is 4.79 Å². The highest BCUT2D eigenvalue weighted by Crippen LogP contribution is 2.31. The number of para-hydroxylation sites is 1. The van der Waals surface area contributed by atoms with Gasteiger partial charge in [0.15, 0.2) is 0 Å². The molecule has 3 aromatic carbocycles. The number of halogens is 2. The van der Waals surface area contributed by atoms with E-state index in [1.165, 1.54) is 12.1 Å². The van der Waals surface area contributed by atoms with Gasteiger partial charge in [-0.05, 0) is 55.5 Å². The summed E-state index contributed by atoms with van der Waals surface area (Å²) in [6.07, 6.45) is 0. The van der Waals surface area contributed by atoms with Crippen LogP contribution >= 0.6 is 23.5 Å². The number of amides is 1.